The van der Waals surface area contributed by atoms with Crippen molar-refractivity contribution in [1.82, 2.24) is 4.90 Å². The van der Waals surface area contributed by atoms with Gasteiger partial charge in [0.25, 0.3) is 0 Å². The van der Waals surface area contributed by atoms with Gasteiger partial charge < -0.3 is 9.84 Å². The molecule has 1 aliphatic carbocycles. The second-order valence-electron chi connectivity index (χ2n) is 8.44. The number of nitrogens with zero attached hydrogens (tertiary/aromatic N) is 1. The van der Waals surface area contributed by atoms with Crippen molar-refractivity contribution >= 4 is 0 Å². The van der Waals surface area contributed by atoms with Gasteiger partial charge in [-0.2, -0.15) is 0 Å². The molecule has 0 amide bonds. The summed E-state index contributed by atoms with van der Waals surface area (Å²) in [6.07, 6.45) is 6.12. The number of hydrogen-bond acceptors (Lipinski definition) is 3. The monoisotopic (exact) mass is 331 g/mol. The zero-order chi connectivity index (χ0) is 17.2. The molecule has 0 aromatic heterocycles. The molecule has 134 valence electrons. The number of piperidine rings is 1. The highest BCUT2D eigenvalue weighted by Gasteiger charge is 2.46. The second kappa shape index (κ2) is 7.45. The molecule has 4 atom stereocenters. The summed E-state index contributed by atoms with van der Waals surface area (Å²) >= 11 is 0. The summed E-state index contributed by atoms with van der Waals surface area (Å²) in [4.78, 5) is 2.59. The van der Waals surface area contributed by atoms with Crippen molar-refractivity contribution in [2.24, 2.45) is 11.8 Å². The third-order valence-corrected chi connectivity index (χ3v) is 6.10. The first-order chi connectivity index (χ1) is 11.5. The van der Waals surface area contributed by atoms with Crippen molar-refractivity contribution in [2.45, 2.75) is 70.6 Å². The lowest BCUT2D eigenvalue weighted by Gasteiger charge is -2.56. The predicted molar refractivity (Wildman–Crippen MR) is 98.3 cm³/mol. The molecule has 3 rings (SSSR count). The van der Waals surface area contributed by atoms with E-state index in [2.05, 4.69) is 25.7 Å². The number of β-amino-alcohol motifs (C(OH)–C–C–N with tert-alkyl or cyclic N) is 1. The third-order valence-electron chi connectivity index (χ3n) is 6.10. The van der Waals surface area contributed by atoms with Gasteiger partial charge in [-0.25, -0.2) is 0 Å². The molecule has 2 aliphatic rings. The Balaban J connectivity index is 1.62. The third kappa shape index (κ3) is 3.94. The zero-order valence-corrected chi connectivity index (χ0v) is 15.4. The molecule has 1 aromatic rings. The highest BCUT2D eigenvalue weighted by atomic mass is 16.5. The van der Waals surface area contributed by atoms with E-state index < -0.39 is 6.10 Å². The minimum Gasteiger partial charge on any atom is -0.491 e. The summed E-state index contributed by atoms with van der Waals surface area (Å²) in [5, 5.41) is 10.6. The van der Waals surface area contributed by atoms with Gasteiger partial charge in [-0.1, -0.05) is 38.0 Å². The first-order valence-electron chi connectivity index (χ1n) is 9.60. The van der Waals surface area contributed by atoms with E-state index in [1.54, 1.807) is 0 Å². The quantitative estimate of drug-likeness (QED) is 0.881. The summed E-state index contributed by atoms with van der Waals surface area (Å²) < 4.78 is 5.76. The number of hydrogen-bond donors (Lipinski definition) is 1. The van der Waals surface area contributed by atoms with Gasteiger partial charge in [0.2, 0.25) is 0 Å². The van der Waals surface area contributed by atoms with Crippen molar-refractivity contribution in [3.8, 4) is 5.75 Å². The van der Waals surface area contributed by atoms with Gasteiger partial charge in [-0.3, -0.25) is 4.90 Å². The lowest BCUT2D eigenvalue weighted by atomic mass is 9.67. The summed E-state index contributed by atoms with van der Waals surface area (Å²) in [6, 6.07) is 10.4. The van der Waals surface area contributed by atoms with E-state index in [4.69, 9.17) is 4.74 Å². The Morgan fingerprint density at radius 2 is 1.92 bits per heavy atom. The van der Waals surface area contributed by atoms with Crippen LogP contribution in [-0.2, 0) is 0 Å². The van der Waals surface area contributed by atoms with Crippen LogP contribution in [0, 0.1) is 11.8 Å². The minimum absolute atomic E-state index is 0.158. The van der Waals surface area contributed by atoms with E-state index in [9.17, 15) is 5.11 Å². The number of benzene rings is 1. The van der Waals surface area contributed by atoms with E-state index in [1.165, 1.54) is 32.1 Å². The van der Waals surface area contributed by atoms with Crippen LogP contribution in [0.2, 0.25) is 0 Å². The zero-order valence-electron chi connectivity index (χ0n) is 15.4. The van der Waals surface area contributed by atoms with Crippen LogP contribution in [0.25, 0.3) is 0 Å². The molecule has 1 saturated heterocycles. The minimum atomic E-state index is -0.444. The Labute approximate surface area is 147 Å². The number of aliphatic hydroxyl groups excluding tert-OH is 1. The smallest absolute Gasteiger partial charge is 0.119 e. The highest BCUT2D eigenvalue weighted by molar-refractivity contribution is 5.20. The van der Waals surface area contributed by atoms with Crippen LogP contribution in [-0.4, -0.2) is 40.8 Å². The lowest BCUT2D eigenvalue weighted by Crippen LogP contribution is -2.61. The number of para-hydroxylation sites is 1. The Morgan fingerprint density at radius 1 is 1.21 bits per heavy atom. The Bertz CT molecular complexity index is 516. The first-order valence-corrected chi connectivity index (χ1v) is 9.60. The number of aliphatic hydroxyl groups is 1. The normalized spacial score (nSPS) is 31.2. The molecule has 3 heteroatoms. The van der Waals surface area contributed by atoms with E-state index >= 15 is 0 Å². The average Bonchev–Trinajstić information content (AvgIpc) is 2.57. The summed E-state index contributed by atoms with van der Waals surface area (Å²) in [5.41, 5.74) is 0.158. The summed E-state index contributed by atoms with van der Waals surface area (Å²) in [7, 11) is 0. The van der Waals surface area contributed by atoms with E-state index in [0.717, 1.165) is 17.6 Å². The Hall–Kier alpha value is -1.06. The Morgan fingerprint density at radius 3 is 2.67 bits per heavy atom. The van der Waals surface area contributed by atoms with E-state index in [-0.39, 0.29) is 5.54 Å². The number of fused-ring (bicyclic) bond motifs is 1. The summed E-state index contributed by atoms with van der Waals surface area (Å²) in [6.45, 7) is 8.20. The highest BCUT2D eigenvalue weighted by Crippen LogP contribution is 2.45. The molecule has 0 spiro atoms. The van der Waals surface area contributed by atoms with Crippen molar-refractivity contribution in [1.29, 1.82) is 0 Å². The molecule has 1 aromatic carbocycles. The van der Waals surface area contributed by atoms with Gasteiger partial charge >= 0.3 is 0 Å². The van der Waals surface area contributed by atoms with Crippen LogP contribution in [0.4, 0.5) is 0 Å². The molecule has 1 saturated carbocycles. The van der Waals surface area contributed by atoms with Crippen LogP contribution in [0.3, 0.4) is 0 Å². The maximum atomic E-state index is 10.6. The number of ether oxygens (including phenoxy) is 1. The summed E-state index contributed by atoms with van der Waals surface area (Å²) in [5.74, 6) is 2.42. The first kappa shape index (κ1) is 17.8. The van der Waals surface area contributed by atoms with Crippen LogP contribution in [0.15, 0.2) is 30.3 Å². The molecular formula is C21H33NO2. The fraction of sp³-hybridized carbons (Fsp3) is 0.714. The van der Waals surface area contributed by atoms with Crippen molar-refractivity contribution in [3.63, 3.8) is 0 Å². The van der Waals surface area contributed by atoms with Crippen molar-refractivity contribution < 1.29 is 9.84 Å². The molecule has 24 heavy (non-hydrogen) atoms. The molecule has 3 nitrogen and oxygen atoms in total. The SMILES string of the molecule is CC1CC(C)(C)N(CC(O)COc2ccccc2)C2CCCCC12. The van der Waals surface area contributed by atoms with Crippen molar-refractivity contribution in [3.05, 3.63) is 30.3 Å². The second-order valence-corrected chi connectivity index (χ2v) is 8.44. The molecule has 0 radical (unpaired) electrons. The molecule has 4 unspecified atom stereocenters. The van der Waals surface area contributed by atoms with Crippen LogP contribution in [0.1, 0.15) is 52.9 Å². The fourth-order valence-electron chi connectivity index (χ4n) is 5.07. The Kier molecular flexibility index (Phi) is 5.51. The van der Waals surface area contributed by atoms with Gasteiger partial charge in [0.15, 0.2) is 0 Å². The van der Waals surface area contributed by atoms with Gasteiger partial charge in [-0.05, 0) is 57.1 Å². The van der Waals surface area contributed by atoms with Crippen LogP contribution >= 0.6 is 0 Å². The van der Waals surface area contributed by atoms with Gasteiger partial charge in [0, 0.05) is 18.1 Å². The van der Waals surface area contributed by atoms with Gasteiger partial charge in [0.05, 0.1) is 0 Å². The van der Waals surface area contributed by atoms with Crippen LogP contribution in [0.5, 0.6) is 5.75 Å². The standard InChI is InChI=1S/C21H33NO2/c1-16-13-21(2,3)22(20-12-8-7-11-19(16)20)14-17(23)15-24-18-9-5-4-6-10-18/h4-6,9-10,16-17,19-20,23H,7-8,11-15H2,1-3H3. The number of rotatable bonds is 5. The molecule has 1 aliphatic heterocycles. The van der Waals surface area contributed by atoms with Crippen molar-refractivity contribution in [2.75, 3.05) is 13.2 Å². The van der Waals surface area contributed by atoms with E-state index in [1.807, 2.05) is 30.3 Å². The van der Waals surface area contributed by atoms with Crippen LogP contribution < -0.4 is 4.74 Å². The molecule has 2 fully saturated rings. The maximum absolute atomic E-state index is 10.6. The topological polar surface area (TPSA) is 32.7 Å². The predicted octanol–water partition coefficient (Wildman–Crippen LogP) is 4.11. The largest absolute Gasteiger partial charge is 0.491 e. The van der Waals surface area contributed by atoms with E-state index in [0.29, 0.717) is 19.2 Å². The molecular weight excluding hydrogens is 298 g/mol. The average molecular weight is 332 g/mol. The molecule has 1 N–H and O–H groups in total. The lowest BCUT2D eigenvalue weighted by molar-refractivity contribution is -0.0815. The molecule has 0 bridgehead atoms. The van der Waals surface area contributed by atoms with Gasteiger partial charge in [0.1, 0.15) is 18.5 Å². The number of likely N-dealkylation sites (tertiary alicyclic amines) is 1. The fourth-order valence-corrected chi connectivity index (χ4v) is 5.07. The van der Waals surface area contributed by atoms with Gasteiger partial charge in [-0.15, -0.1) is 0 Å². The molecule has 1 heterocycles. The maximum Gasteiger partial charge on any atom is 0.119 e.